The van der Waals surface area contributed by atoms with E-state index >= 15 is 0 Å². The summed E-state index contributed by atoms with van der Waals surface area (Å²) >= 11 is 0. The topological polar surface area (TPSA) is 96.0 Å². The van der Waals surface area contributed by atoms with Gasteiger partial charge < -0.3 is 15.0 Å². The maximum atomic E-state index is 14.8. The Morgan fingerprint density at radius 1 is 0.953 bits per heavy atom. The molecular weight excluding hydrogens is 569 g/mol. The van der Waals surface area contributed by atoms with Crippen molar-refractivity contribution in [2.24, 2.45) is 5.92 Å². The minimum atomic E-state index is -3.70. The molecule has 0 radical (unpaired) electrons. The first-order valence-corrected chi connectivity index (χ1v) is 16.4. The Hall–Kier alpha value is -3.92. The molecule has 0 bridgehead atoms. The Balaban J connectivity index is 1.90. The van der Waals surface area contributed by atoms with Gasteiger partial charge in [-0.25, -0.2) is 12.8 Å². The average molecular weight is 612 g/mol. The van der Waals surface area contributed by atoms with Crippen molar-refractivity contribution in [1.82, 2.24) is 10.2 Å². The summed E-state index contributed by atoms with van der Waals surface area (Å²) in [6.07, 6.45) is 1.46. The molecule has 8 nitrogen and oxygen atoms in total. The quantitative estimate of drug-likeness (QED) is 0.241. The predicted octanol–water partition coefficient (Wildman–Crippen LogP) is 5.18. The molecular formula is C33H42FN3O5S. The molecule has 3 rings (SSSR count). The van der Waals surface area contributed by atoms with Crippen LogP contribution in [0.5, 0.6) is 5.75 Å². The van der Waals surface area contributed by atoms with Crippen molar-refractivity contribution in [1.29, 1.82) is 0 Å². The first kappa shape index (κ1) is 33.6. The fraction of sp³-hybridized carbons (Fsp3) is 0.394. The zero-order valence-electron chi connectivity index (χ0n) is 25.3. The molecule has 0 heterocycles. The van der Waals surface area contributed by atoms with Crippen LogP contribution in [-0.2, 0) is 32.6 Å². The van der Waals surface area contributed by atoms with Gasteiger partial charge in [0.1, 0.15) is 17.6 Å². The predicted molar refractivity (Wildman–Crippen MR) is 168 cm³/mol. The number of nitrogens with one attached hydrogen (secondary N) is 1. The number of rotatable bonds is 16. The van der Waals surface area contributed by atoms with Crippen molar-refractivity contribution in [3.63, 3.8) is 0 Å². The second-order valence-electron chi connectivity index (χ2n) is 10.8. The fourth-order valence-electron chi connectivity index (χ4n) is 4.71. The minimum absolute atomic E-state index is 0.0189. The van der Waals surface area contributed by atoms with Gasteiger partial charge in [0.15, 0.2) is 0 Å². The summed E-state index contributed by atoms with van der Waals surface area (Å²) in [5.74, 6) is -0.565. The van der Waals surface area contributed by atoms with Crippen molar-refractivity contribution >= 4 is 27.5 Å². The smallest absolute Gasteiger partial charge is 0.243 e. The molecule has 1 atom stereocenters. The summed E-state index contributed by atoms with van der Waals surface area (Å²) in [7, 11) is -3.70. The van der Waals surface area contributed by atoms with Gasteiger partial charge in [0, 0.05) is 38.0 Å². The summed E-state index contributed by atoms with van der Waals surface area (Å²) in [4.78, 5) is 28.9. The minimum Gasteiger partial charge on any atom is -0.492 e. The maximum absolute atomic E-state index is 14.8. The summed E-state index contributed by atoms with van der Waals surface area (Å²) < 4.78 is 47.3. The first-order valence-electron chi connectivity index (χ1n) is 14.5. The molecule has 10 heteroatoms. The monoisotopic (exact) mass is 611 g/mol. The van der Waals surface area contributed by atoms with Gasteiger partial charge in [0.2, 0.25) is 21.8 Å². The molecule has 0 saturated heterocycles. The highest BCUT2D eigenvalue weighted by molar-refractivity contribution is 7.92. The van der Waals surface area contributed by atoms with E-state index in [-0.39, 0.29) is 55.6 Å². The van der Waals surface area contributed by atoms with Gasteiger partial charge in [-0.15, -0.1) is 0 Å². The first-order chi connectivity index (χ1) is 20.5. The number of hydrogen-bond donors (Lipinski definition) is 1. The van der Waals surface area contributed by atoms with E-state index in [1.165, 1.54) is 15.3 Å². The van der Waals surface area contributed by atoms with Gasteiger partial charge in [-0.05, 0) is 43.0 Å². The van der Waals surface area contributed by atoms with Gasteiger partial charge in [0.05, 0.1) is 18.6 Å². The molecule has 1 unspecified atom stereocenters. The van der Waals surface area contributed by atoms with Gasteiger partial charge in [0.25, 0.3) is 0 Å². The number of hydrogen-bond acceptors (Lipinski definition) is 5. The Kier molecular flexibility index (Phi) is 12.5. The highest BCUT2D eigenvalue weighted by atomic mass is 32.2. The Bertz CT molecular complexity index is 1450. The SMILES string of the molecule is CCOc1ccccc1N(CCCC(=O)N(Cc1ccccc1F)C(Cc1ccccc1)C(=O)NCC(C)C)S(C)(=O)=O. The largest absolute Gasteiger partial charge is 0.492 e. The lowest BCUT2D eigenvalue weighted by molar-refractivity contribution is -0.141. The van der Waals surface area contributed by atoms with E-state index in [4.69, 9.17) is 4.74 Å². The molecule has 0 aliphatic carbocycles. The number of ether oxygens (including phenoxy) is 1. The van der Waals surface area contributed by atoms with E-state index in [1.807, 2.05) is 51.1 Å². The van der Waals surface area contributed by atoms with E-state index in [0.29, 0.717) is 24.6 Å². The van der Waals surface area contributed by atoms with E-state index in [0.717, 1.165) is 11.8 Å². The Labute approximate surface area is 254 Å². The molecule has 0 aliphatic heterocycles. The van der Waals surface area contributed by atoms with Crippen molar-refractivity contribution in [2.75, 3.05) is 30.3 Å². The van der Waals surface area contributed by atoms with Crippen LogP contribution in [0.4, 0.5) is 10.1 Å². The highest BCUT2D eigenvalue weighted by Crippen LogP contribution is 2.30. The number of carbonyl (C=O) groups is 2. The number of halogens is 1. The van der Waals surface area contributed by atoms with Crippen molar-refractivity contribution < 1.29 is 27.1 Å². The lowest BCUT2D eigenvalue weighted by Crippen LogP contribution is -2.51. The third kappa shape index (κ3) is 10.1. The lowest BCUT2D eigenvalue weighted by atomic mass is 10.0. The zero-order valence-corrected chi connectivity index (χ0v) is 26.1. The number of sulfonamides is 1. The fourth-order valence-corrected chi connectivity index (χ4v) is 5.68. The van der Waals surface area contributed by atoms with E-state index in [9.17, 15) is 22.4 Å². The molecule has 3 aromatic carbocycles. The van der Waals surface area contributed by atoms with Crippen LogP contribution < -0.4 is 14.4 Å². The van der Waals surface area contributed by atoms with Crippen LogP contribution in [-0.4, -0.2) is 57.1 Å². The zero-order chi connectivity index (χ0) is 31.4. The molecule has 0 aromatic heterocycles. The normalized spacial score (nSPS) is 12.0. The van der Waals surface area contributed by atoms with Gasteiger partial charge >= 0.3 is 0 Å². The van der Waals surface area contributed by atoms with Crippen LogP contribution in [0.3, 0.4) is 0 Å². The van der Waals surface area contributed by atoms with Crippen LogP contribution in [0, 0.1) is 11.7 Å². The van der Waals surface area contributed by atoms with Crippen LogP contribution in [0.25, 0.3) is 0 Å². The van der Waals surface area contributed by atoms with Gasteiger partial charge in [-0.2, -0.15) is 0 Å². The van der Waals surface area contributed by atoms with E-state index in [2.05, 4.69) is 5.32 Å². The second kappa shape index (κ2) is 16.1. The number of amides is 2. The number of carbonyl (C=O) groups excluding carboxylic acids is 2. The highest BCUT2D eigenvalue weighted by Gasteiger charge is 2.31. The molecule has 3 aromatic rings. The summed E-state index contributed by atoms with van der Waals surface area (Å²) in [6, 6.07) is 21.5. The number of para-hydroxylation sites is 2. The standard InChI is InChI=1S/C33H42FN3O5S/c1-5-42-31-19-12-11-18-29(31)37(43(4,40)41)21-13-20-32(38)36(24-27-16-9-10-17-28(27)34)30(33(39)35-23-25(2)3)22-26-14-7-6-8-15-26/h6-12,14-19,25,30H,5,13,20-24H2,1-4H3,(H,35,39). The number of anilines is 1. The van der Waals surface area contributed by atoms with Crippen LogP contribution in [0.1, 0.15) is 44.7 Å². The van der Waals surface area contributed by atoms with Crippen LogP contribution in [0.2, 0.25) is 0 Å². The molecule has 2 amide bonds. The van der Waals surface area contributed by atoms with Gasteiger partial charge in [-0.3, -0.25) is 13.9 Å². The van der Waals surface area contributed by atoms with Crippen LogP contribution in [0.15, 0.2) is 78.9 Å². The van der Waals surface area contributed by atoms with E-state index < -0.39 is 21.9 Å². The maximum Gasteiger partial charge on any atom is 0.243 e. The Morgan fingerprint density at radius 2 is 1.60 bits per heavy atom. The van der Waals surface area contributed by atoms with Crippen molar-refractivity contribution in [3.8, 4) is 5.75 Å². The summed E-state index contributed by atoms with van der Waals surface area (Å²) in [5.41, 5.74) is 1.53. The molecule has 232 valence electrons. The van der Waals surface area contributed by atoms with Gasteiger partial charge in [-0.1, -0.05) is 74.5 Å². The summed E-state index contributed by atoms with van der Waals surface area (Å²) in [6.45, 7) is 6.46. The lowest BCUT2D eigenvalue weighted by Gasteiger charge is -2.32. The summed E-state index contributed by atoms with van der Waals surface area (Å²) in [5, 5.41) is 2.94. The third-order valence-corrected chi connectivity index (χ3v) is 8.02. The Morgan fingerprint density at radius 3 is 2.26 bits per heavy atom. The molecule has 0 saturated carbocycles. The molecule has 0 fully saturated rings. The number of benzene rings is 3. The molecule has 1 N–H and O–H groups in total. The number of nitrogens with zero attached hydrogens (tertiary/aromatic N) is 2. The molecule has 0 aliphatic rings. The van der Waals surface area contributed by atoms with Crippen molar-refractivity contribution in [2.45, 2.75) is 52.6 Å². The van der Waals surface area contributed by atoms with Crippen LogP contribution >= 0.6 is 0 Å². The third-order valence-electron chi connectivity index (χ3n) is 6.84. The van der Waals surface area contributed by atoms with E-state index in [1.54, 1.807) is 42.5 Å². The molecule has 43 heavy (non-hydrogen) atoms. The average Bonchev–Trinajstić information content (AvgIpc) is 2.97. The molecule has 0 spiro atoms. The second-order valence-corrected chi connectivity index (χ2v) is 12.7. The van der Waals surface area contributed by atoms with Crippen molar-refractivity contribution in [3.05, 3.63) is 95.8 Å².